The molecule has 2 aromatic rings. The fraction of sp³-hybridized carbons (Fsp3) is 0.400. The van der Waals surface area contributed by atoms with E-state index >= 15 is 0 Å². The Morgan fingerprint density at radius 2 is 1.97 bits per heavy atom. The molecule has 2 aliphatic heterocycles. The van der Waals surface area contributed by atoms with Gasteiger partial charge in [-0.3, -0.25) is 29.5 Å². The quantitative estimate of drug-likeness (QED) is 0.368. The summed E-state index contributed by atoms with van der Waals surface area (Å²) in [7, 11) is 1.59. The van der Waals surface area contributed by atoms with Crippen molar-refractivity contribution in [2.75, 3.05) is 51.8 Å². The highest BCUT2D eigenvalue weighted by Crippen LogP contribution is 2.32. The van der Waals surface area contributed by atoms with Crippen molar-refractivity contribution in [3.05, 3.63) is 58.6 Å². The Labute approximate surface area is 219 Å². The standard InChI is InChI=1S/C25H29N5O6S/c1-35-21-8-6-18(7-9-21)27-25-29(11-3-10-28-12-14-36-15-13-28)24(32)22(37-25)17-23(31)26-19-4-2-5-20(16-19)30(33)34/h2,4-9,16,22H,3,10-15,17H2,1H3,(H,26,31). The van der Waals surface area contributed by atoms with E-state index in [1.54, 1.807) is 30.2 Å². The summed E-state index contributed by atoms with van der Waals surface area (Å²) in [5, 5.41) is 13.6. The van der Waals surface area contributed by atoms with Gasteiger partial charge >= 0.3 is 0 Å². The largest absolute Gasteiger partial charge is 0.497 e. The van der Waals surface area contributed by atoms with Gasteiger partial charge in [-0.05, 0) is 36.8 Å². The zero-order valence-corrected chi connectivity index (χ0v) is 21.3. The number of morpholine rings is 1. The van der Waals surface area contributed by atoms with E-state index in [1.165, 1.54) is 30.0 Å². The zero-order chi connectivity index (χ0) is 26.2. The van der Waals surface area contributed by atoms with Gasteiger partial charge in [-0.15, -0.1) is 0 Å². The summed E-state index contributed by atoms with van der Waals surface area (Å²) in [5.41, 5.74) is 0.865. The molecule has 2 aliphatic rings. The van der Waals surface area contributed by atoms with Gasteiger partial charge in [-0.2, -0.15) is 0 Å². The second-order valence-electron chi connectivity index (χ2n) is 8.56. The van der Waals surface area contributed by atoms with Crippen molar-refractivity contribution in [2.24, 2.45) is 4.99 Å². The number of amides is 2. The van der Waals surface area contributed by atoms with Gasteiger partial charge in [-0.1, -0.05) is 17.8 Å². The maximum Gasteiger partial charge on any atom is 0.271 e. The Balaban J connectivity index is 1.44. The van der Waals surface area contributed by atoms with Crippen LogP contribution >= 0.6 is 11.8 Å². The maximum atomic E-state index is 13.3. The molecule has 0 saturated carbocycles. The number of ether oxygens (including phenoxy) is 2. The van der Waals surface area contributed by atoms with Crippen LogP contribution in [0.15, 0.2) is 53.5 Å². The number of aliphatic imine (C=N–C) groups is 1. The predicted molar refractivity (Wildman–Crippen MR) is 141 cm³/mol. The molecule has 196 valence electrons. The number of benzene rings is 2. The first kappa shape index (κ1) is 26.6. The molecule has 1 N–H and O–H groups in total. The maximum absolute atomic E-state index is 13.3. The highest BCUT2D eigenvalue weighted by molar-refractivity contribution is 8.15. The Hall–Kier alpha value is -3.48. The molecule has 4 rings (SSSR count). The number of hydrogen-bond acceptors (Lipinski definition) is 9. The summed E-state index contributed by atoms with van der Waals surface area (Å²) in [6.07, 6.45) is 0.689. The van der Waals surface area contributed by atoms with E-state index in [0.717, 1.165) is 26.1 Å². The Kier molecular flexibility index (Phi) is 9.09. The summed E-state index contributed by atoms with van der Waals surface area (Å²) in [4.78, 5) is 45.2. The van der Waals surface area contributed by atoms with Crippen molar-refractivity contribution in [3.63, 3.8) is 0 Å². The van der Waals surface area contributed by atoms with Crippen LogP contribution in [0.25, 0.3) is 0 Å². The van der Waals surface area contributed by atoms with Crippen LogP contribution in [0.4, 0.5) is 17.1 Å². The third-order valence-corrected chi connectivity index (χ3v) is 7.16. The number of thioether (sulfide) groups is 1. The van der Waals surface area contributed by atoms with Crippen molar-refractivity contribution in [1.82, 2.24) is 9.80 Å². The average Bonchev–Trinajstić information content (AvgIpc) is 3.18. The van der Waals surface area contributed by atoms with Gasteiger partial charge in [0.1, 0.15) is 11.0 Å². The van der Waals surface area contributed by atoms with E-state index in [0.29, 0.717) is 42.1 Å². The monoisotopic (exact) mass is 527 g/mol. The van der Waals surface area contributed by atoms with Crippen LogP contribution in [0.1, 0.15) is 12.8 Å². The number of amidine groups is 1. The summed E-state index contributed by atoms with van der Waals surface area (Å²) in [6.45, 7) is 4.49. The minimum atomic E-state index is -0.640. The van der Waals surface area contributed by atoms with E-state index in [-0.39, 0.29) is 18.0 Å². The average molecular weight is 528 g/mol. The van der Waals surface area contributed by atoms with Crippen LogP contribution in [0.3, 0.4) is 0 Å². The zero-order valence-electron chi connectivity index (χ0n) is 20.5. The second-order valence-corrected chi connectivity index (χ2v) is 9.73. The Morgan fingerprint density at radius 3 is 2.68 bits per heavy atom. The van der Waals surface area contributed by atoms with Gasteiger partial charge in [0.2, 0.25) is 11.8 Å². The Morgan fingerprint density at radius 1 is 1.22 bits per heavy atom. The molecule has 2 saturated heterocycles. The van der Waals surface area contributed by atoms with Crippen molar-refractivity contribution in [3.8, 4) is 5.75 Å². The van der Waals surface area contributed by atoms with Crippen LogP contribution in [0, 0.1) is 10.1 Å². The van der Waals surface area contributed by atoms with Crippen molar-refractivity contribution < 1.29 is 24.0 Å². The molecule has 1 atom stereocenters. The smallest absolute Gasteiger partial charge is 0.271 e. The molecule has 1 unspecified atom stereocenters. The highest BCUT2D eigenvalue weighted by atomic mass is 32.2. The number of hydrogen-bond donors (Lipinski definition) is 1. The number of non-ortho nitro benzene ring substituents is 1. The first-order valence-electron chi connectivity index (χ1n) is 12.0. The van der Waals surface area contributed by atoms with E-state index in [4.69, 9.17) is 14.5 Å². The molecule has 12 heteroatoms. The number of carbonyl (C=O) groups excluding carboxylic acids is 2. The SMILES string of the molecule is COc1ccc(N=C2SC(CC(=O)Nc3cccc([N+](=O)[O-])c3)C(=O)N2CCCN2CCOCC2)cc1. The first-order chi connectivity index (χ1) is 17.9. The fourth-order valence-electron chi connectivity index (χ4n) is 4.05. The van der Waals surface area contributed by atoms with E-state index in [9.17, 15) is 19.7 Å². The molecule has 2 amide bonds. The number of nitrogens with zero attached hydrogens (tertiary/aromatic N) is 4. The summed E-state index contributed by atoms with van der Waals surface area (Å²) in [6, 6.07) is 12.9. The summed E-state index contributed by atoms with van der Waals surface area (Å²) >= 11 is 1.26. The first-order valence-corrected chi connectivity index (χ1v) is 12.9. The van der Waals surface area contributed by atoms with Gasteiger partial charge in [0.05, 0.1) is 30.9 Å². The van der Waals surface area contributed by atoms with Gasteiger partial charge in [0, 0.05) is 50.4 Å². The lowest BCUT2D eigenvalue weighted by atomic mass is 10.2. The molecule has 0 aromatic heterocycles. The predicted octanol–water partition coefficient (Wildman–Crippen LogP) is 3.29. The molecule has 0 bridgehead atoms. The van der Waals surface area contributed by atoms with Crippen molar-refractivity contribution in [1.29, 1.82) is 0 Å². The van der Waals surface area contributed by atoms with Gasteiger partial charge in [0.15, 0.2) is 5.17 Å². The van der Waals surface area contributed by atoms with Crippen molar-refractivity contribution in [2.45, 2.75) is 18.1 Å². The number of nitro groups is 1. The lowest BCUT2D eigenvalue weighted by molar-refractivity contribution is -0.384. The van der Waals surface area contributed by atoms with Crippen LogP contribution in [0.2, 0.25) is 0 Å². The molecule has 0 aliphatic carbocycles. The molecular weight excluding hydrogens is 498 g/mol. The van der Waals surface area contributed by atoms with E-state index in [1.807, 2.05) is 12.1 Å². The third kappa shape index (κ3) is 7.28. The fourth-order valence-corrected chi connectivity index (χ4v) is 5.24. The van der Waals surface area contributed by atoms with Crippen LogP contribution < -0.4 is 10.1 Å². The number of rotatable bonds is 10. The molecule has 2 heterocycles. The molecular formula is C25H29N5O6S. The van der Waals surface area contributed by atoms with Crippen LogP contribution in [-0.2, 0) is 14.3 Å². The summed E-state index contributed by atoms with van der Waals surface area (Å²) in [5.74, 6) is 0.135. The molecule has 0 radical (unpaired) electrons. The van der Waals surface area contributed by atoms with Gasteiger partial charge in [0.25, 0.3) is 5.69 Å². The van der Waals surface area contributed by atoms with Gasteiger partial charge < -0.3 is 14.8 Å². The van der Waals surface area contributed by atoms with Crippen LogP contribution in [-0.4, -0.2) is 83.5 Å². The Bertz CT molecular complexity index is 1150. The molecule has 11 nitrogen and oxygen atoms in total. The lowest BCUT2D eigenvalue weighted by Crippen LogP contribution is -2.39. The normalized spacial score (nSPS) is 19.3. The number of methoxy groups -OCH3 is 1. The molecule has 0 spiro atoms. The highest BCUT2D eigenvalue weighted by Gasteiger charge is 2.39. The topological polar surface area (TPSA) is 127 Å². The number of nitrogens with one attached hydrogen (secondary N) is 1. The number of carbonyl (C=O) groups is 2. The second kappa shape index (κ2) is 12.7. The van der Waals surface area contributed by atoms with Gasteiger partial charge in [-0.25, -0.2) is 4.99 Å². The van der Waals surface area contributed by atoms with E-state index in [2.05, 4.69) is 10.2 Å². The molecule has 2 fully saturated rings. The molecule has 37 heavy (non-hydrogen) atoms. The van der Waals surface area contributed by atoms with E-state index < -0.39 is 16.1 Å². The third-order valence-electron chi connectivity index (χ3n) is 5.99. The number of nitro benzene ring substituents is 1. The number of anilines is 1. The van der Waals surface area contributed by atoms with Crippen LogP contribution in [0.5, 0.6) is 5.75 Å². The minimum absolute atomic E-state index is 0.0756. The molecule has 2 aromatic carbocycles. The minimum Gasteiger partial charge on any atom is -0.497 e. The summed E-state index contributed by atoms with van der Waals surface area (Å²) < 4.78 is 10.6. The van der Waals surface area contributed by atoms with Crippen molar-refractivity contribution >= 4 is 45.8 Å². The lowest BCUT2D eigenvalue weighted by Gasteiger charge is -2.27.